The number of carbonyl (C=O) groups is 1. The van der Waals surface area contributed by atoms with E-state index < -0.39 is 0 Å². The Hall–Kier alpha value is -0.790. The highest BCUT2D eigenvalue weighted by atomic mass is 16.2. The molecule has 0 atom stereocenters. The molecule has 0 saturated carbocycles. The van der Waals surface area contributed by atoms with Crippen molar-refractivity contribution >= 4 is 5.91 Å². The maximum atomic E-state index is 10.9. The fourth-order valence-electron chi connectivity index (χ4n) is 0.923. The van der Waals surface area contributed by atoms with Gasteiger partial charge in [0.25, 0.3) is 0 Å². The van der Waals surface area contributed by atoms with Gasteiger partial charge in [-0.1, -0.05) is 13.0 Å². The molecule has 1 aliphatic rings. The van der Waals surface area contributed by atoms with Crippen LogP contribution in [0.1, 0.15) is 19.8 Å². The first-order valence-electron chi connectivity index (χ1n) is 3.62. The Morgan fingerprint density at radius 1 is 1.80 bits per heavy atom. The molecule has 0 bridgehead atoms. The second-order valence-electron chi connectivity index (χ2n) is 2.33. The van der Waals surface area contributed by atoms with Gasteiger partial charge in [0.15, 0.2) is 0 Å². The lowest BCUT2D eigenvalue weighted by atomic mass is 10.4. The highest BCUT2D eigenvalue weighted by Gasteiger charge is 2.16. The van der Waals surface area contributed by atoms with Gasteiger partial charge >= 0.3 is 0 Å². The molecule has 0 aliphatic carbocycles. The molecule has 2 nitrogen and oxygen atoms in total. The monoisotopic (exact) mass is 138 g/mol. The molecule has 0 N–H and O–H groups in total. The number of nitrogens with zero attached hydrogens (tertiary/aromatic N) is 1. The molecule has 1 heterocycles. The van der Waals surface area contributed by atoms with Crippen molar-refractivity contribution in [2.75, 3.05) is 6.54 Å². The molecular formula is C8H12NO. The third-order valence-electron chi connectivity index (χ3n) is 1.49. The van der Waals surface area contributed by atoms with Crippen molar-refractivity contribution in [3.05, 3.63) is 18.7 Å². The lowest BCUT2D eigenvalue weighted by Gasteiger charge is -2.06. The Morgan fingerprint density at radius 3 is 3.10 bits per heavy atom. The van der Waals surface area contributed by atoms with Crippen LogP contribution < -0.4 is 0 Å². The van der Waals surface area contributed by atoms with Crippen molar-refractivity contribution < 1.29 is 4.79 Å². The molecule has 1 rings (SSSR count). The van der Waals surface area contributed by atoms with Gasteiger partial charge in [0.2, 0.25) is 5.91 Å². The van der Waals surface area contributed by atoms with E-state index in [1.807, 2.05) is 18.7 Å². The fourth-order valence-corrected chi connectivity index (χ4v) is 0.923. The van der Waals surface area contributed by atoms with Crippen LogP contribution >= 0.6 is 0 Å². The van der Waals surface area contributed by atoms with E-state index in [9.17, 15) is 4.79 Å². The van der Waals surface area contributed by atoms with Crippen LogP contribution in [-0.2, 0) is 4.79 Å². The second-order valence-corrected chi connectivity index (χ2v) is 2.33. The summed E-state index contributed by atoms with van der Waals surface area (Å²) in [7, 11) is 0. The van der Waals surface area contributed by atoms with Crippen LogP contribution in [0.5, 0.6) is 0 Å². The van der Waals surface area contributed by atoms with E-state index in [1.54, 1.807) is 4.90 Å². The maximum Gasteiger partial charge on any atom is 0.226 e. The van der Waals surface area contributed by atoms with Gasteiger partial charge in [-0.25, -0.2) is 0 Å². The minimum absolute atomic E-state index is 0.213. The predicted octanol–water partition coefficient (Wildman–Crippen LogP) is 1.35. The van der Waals surface area contributed by atoms with E-state index >= 15 is 0 Å². The van der Waals surface area contributed by atoms with E-state index in [1.165, 1.54) is 0 Å². The molecule has 1 radical (unpaired) electrons. The number of hydrogen-bond acceptors (Lipinski definition) is 1. The average molecular weight is 138 g/mol. The summed E-state index contributed by atoms with van der Waals surface area (Å²) in [6.45, 7) is 2.84. The third-order valence-corrected chi connectivity index (χ3v) is 1.49. The lowest BCUT2D eigenvalue weighted by Crippen LogP contribution is -2.17. The zero-order chi connectivity index (χ0) is 7.40. The fraction of sp³-hybridized carbons (Fsp3) is 0.500. The Bertz CT molecular complexity index is 151. The summed E-state index contributed by atoms with van der Waals surface area (Å²) in [4.78, 5) is 12.7. The van der Waals surface area contributed by atoms with Gasteiger partial charge in [-0.05, 0) is 12.8 Å². The van der Waals surface area contributed by atoms with Gasteiger partial charge < -0.3 is 4.90 Å². The van der Waals surface area contributed by atoms with E-state index in [-0.39, 0.29) is 5.91 Å². The number of likely N-dealkylation sites (tertiary alicyclic amines) is 1. The highest BCUT2D eigenvalue weighted by molar-refractivity contribution is 5.80. The second kappa shape index (κ2) is 3.40. The van der Waals surface area contributed by atoms with Gasteiger partial charge in [-0.3, -0.25) is 4.79 Å². The minimum atomic E-state index is 0.213. The number of allylic oxidation sites excluding steroid dienone is 1. The summed E-state index contributed by atoms with van der Waals surface area (Å²) in [5.41, 5.74) is 0. The van der Waals surface area contributed by atoms with Crippen LogP contribution in [0.3, 0.4) is 0 Å². The topological polar surface area (TPSA) is 20.3 Å². The van der Waals surface area contributed by atoms with Crippen molar-refractivity contribution in [2.45, 2.75) is 19.8 Å². The first-order chi connectivity index (χ1) is 4.84. The molecule has 1 fully saturated rings. The molecule has 0 aromatic carbocycles. The quantitative estimate of drug-likeness (QED) is 0.564. The average Bonchev–Trinajstić information content (AvgIpc) is 2.31. The van der Waals surface area contributed by atoms with Gasteiger partial charge in [0.1, 0.15) is 0 Å². The van der Waals surface area contributed by atoms with Crippen LogP contribution in [0.25, 0.3) is 0 Å². The molecule has 1 amide bonds. The molecule has 1 saturated heterocycles. The Kier molecular flexibility index (Phi) is 2.49. The zero-order valence-corrected chi connectivity index (χ0v) is 6.21. The molecule has 55 valence electrons. The summed E-state index contributed by atoms with van der Waals surface area (Å²) in [6.07, 6.45) is 7.45. The molecule has 0 aromatic rings. The number of amides is 1. The highest BCUT2D eigenvalue weighted by Crippen LogP contribution is 2.08. The Morgan fingerprint density at radius 2 is 2.60 bits per heavy atom. The van der Waals surface area contributed by atoms with E-state index in [0.29, 0.717) is 6.42 Å². The molecule has 1 aliphatic heterocycles. The van der Waals surface area contributed by atoms with Crippen LogP contribution in [0, 0.1) is 6.42 Å². The number of carbonyl (C=O) groups excluding carboxylic acids is 1. The van der Waals surface area contributed by atoms with Crippen LogP contribution in [0.15, 0.2) is 12.3 Å². The summed E-state index contributed by atoms with van der Waals surface area (Å²) in [6, 6.07) is 0. The normalized spacial score (nSPS) is 19.3. The van der Waals surface area contributed by atoms with E-state index in [0.717, 1.165) is 13.0 Å². The molecular weight excluding hydrogens is 126 g/mol. The third kappa shape index (κ3) is 1.59. The van der Waals surface area contributed by atoms with Crippen molar-refractivity contribution in [2.24, 2.45) is 0 Å². The SMILES string of the molecule is CC/C=C/N1C[CH]CC1=O. The standard InChI is InChI=1S/C8H12NO/c1-2-3-6-9-7-4-5-8(9)10/h3-4,6H,2,5,7H2,1H3/b6-3+. The van der Waals surface area contributed by atoms with E-state index in [4.69, 9.17) is 0 Å². The summed E-state index contributed by atoms with van der Waals surface area (Å²) < 4.78 is 0. The zero-order valence-electron chi connectivity index (χ0n) is 6.21. The minimum Gasteiger partial charge on any atom is -0.319 e. The molecule has 2 heteroatoms. The first kappa shape index (κ1) is 7.32. The summed E-state index contributed by atoms with van der Waals surface area (Å²) in [5, 5.41) is 0. The van der Waals surface area contributed by atoms with Gasteiger partial charge in [0.05, 0.1) is 0 Å². The summed E-state index contributed by atoms with van der Waals surface area (Å²) in [5.74, 6) is 0.213. The molecule has 0 spiro atoms. The van der Waals surface area contributed by atoms with Gasteiger partial charge in [-0.15, -0.1) is 0 Å². The smallest absolute Gasteiger partial charge is 0.226 e. The Labute approximate surface area is 61.5 Å². The molecule has 0 unspecified atom stereocenters. The molecule has 0 aromatic heterocycles. The van der Waals surface area contributed by atoms with Crippen molar-refractivity contribution in [1.29, 1.82) is 0 Å². The van der Waals surface area contributed by atoms with Crippen molar-refractivity contribution in [1.82, 2.24) is 4.90 Å². The molecule has 10 heavy (non-hydrogen) atoms. The lowest BCUT2D eigenvalue weighted by molar-refractivity contribution is -0.125. The largest absolute Gasteiger partial charge is 0.319 e. The van der Waals surface area contributed by atoms with Crippen molar-refractivity contribution in [3.63, 3.8) is 0 Å². The maximum absolute atomic E-state index is 10.9. The van der Waals surface area contributed by atoms with Gasteiger partial charge in [-0.2, -0.15) is 0 Å². The Balaban J connectivity index is 2.40. The van der Waals surface area contributed by atoms with Crippen LogP contribution in [0.2, 0.25) is 0 Å². The van der Waals surface area contributed by atoms with Crippen LogP contribution in [-0.4, -0.2) is 17.4 Å². The first-order valence-corrected chi connectivity index (χ1v) is 3.62. The summed E-state index contributed by atoms with van der Waals surface area (Å²) >= 11 is 0. The van der Waals surface area contributed by atoms with Crippen LogP contribution in [0.4, 0.5) is 0 Å². The van der Waals surface area contributed by atoms with E-state index in [2.05, 4.69) is 6.92 Å². The van der Waals surface area contributed by atoms with Gasteiger partial charge in [0, 0.05) is 19.2 Å². The van der Waals surface area contributed by atoms with Crippen molar-refractivity contribution in [3.8, 4) is 0 Å². The predicted molar refractivity (Wildman–Crippen MR) is 40.1 cm³/mol. The number of rotatable bonds is 2. The number of hydrogen-bond donors (Lipinski definition) is 0.